The fourth-order valence-electron chi connectivity index (χ4n) is 3.67. The van der Waals surface area contributed by atoms with Crippen molar-refractivity contribution in [3.8, 4) is 0 Å². The Balaban J connectivity index is 1.79. The molecule has 2 fully saturated rings. The molecule has 0 saturated heterocycles. The van der Waals surface area contributed by atoms with Crippen molar-refractivity contribution in [2.45, 2.75) is 18.0 Å². The number of amides is 1. The molecule has 2 saturated carbocycles. The minimum Gasteiger partial charge on any atom is -0.481 e. The standard InChI is InChI=1S/C15H16N2O5/c16-15(14(21)22)6-8(9-10(11(9)15)13(19)20)17-12(18)7-4-2-1-3-5-7/h1-5,8-11H,6,16H2,(H,17,18)(H,19,20)(H,21,22)/t8-,9+,10+,11-,15+/m0/s1. The predicted molar refractivity (Wildman–Crippen MR) is 75.0 cm³/mol. The van der Waals surface area contributed by atoms with E-state index in [2.05, 4.69) is 5.32 Å². The van der Waals surface area contributed by atoms with Gasteiger partial charge in [0.05, 0.1) is 5.92 Å². The topological polar surface area (TPSA) is 130 Å². The number of hydrogen-bond acceptors (Lipinski definition) is 4. The summed E-state index contributed by atoms with van der Waals surface area (Å²) >= 11 is 0. The number of nitrogens with two attached hydrogens (primary N) is 1. The number of carbonyl (C=O) groups is 3. The Morgan fingerprint density at radius 2 is 1.82 bits per heavy atom. The van der Waals surface area contributed by atoms with Crippen molar-refractivity contribution in [3.63, 3.8) is 0 Å². The van der Waals surface area contributed by atoms with Gasteiger partial charge in [0.1, 0.15) is 5.54 Å². The second-order valence-electron chi connectivity index (χ2n) is 5.96. The van der Waals surface area contributed by atoms with Crippen LogP contribution in [0.4, 0.5) is 0 Å². The van der Waals surface area contributed by atoms with Crippen molar-refractivity contribution in [2.24, 2.45) is 23.5 Å². The first-order valence-corrected chi connectivity index (χ1v) is 6.97. The van der Waals surface area contributed by atoms with Gasteiger partial charge in [0.2, 0.25) is 0 Å². The van der Waals surface area contributed by atoms with Gasteiger partial charge >= 0.3 is 11.9 Å². The van der Waals surface area contributed by atoms with Crippen molar-refractivity contribution in [3.05, 3.63) is 35.9 Å². The summed E-state index contributed by atoms with van der Waals surface area (Å²) in [4.78, 5) is 34.8. The zero-order valence-electron chi connectivity index (χ0n) is 11.6. The summed E-state index contributed by atoms with van der Waals surface area (Å²) in [6.45, 7) is 0. The number of aliphatic carboxylic acids is 2. The molecule has 0 aromatic heterocycles. The van der Waals surface area contributed by atoms with Crippen molar-refractivity contribution in [1.29, 1.82) is 0 Å². The summed E-state index contributed by atoms with van der Waals surface area (Å²) in [6, 6.07) is 7.94. The van der Waals surface area contributed by atoms with E-state index in [1.165, 1.54) is 0 Å². The Labute approximate surface area is 126 Å². The van der Waals surface area contributed by atoms with Crippen LogP contribution in [0.25, 0.3) is 0 Å². The first-order chi connectivity index (χ1) is 10.4. The molecule has 0 unspecified atom stereocenters. The number of benzene rings is 1. The van der Waals surface area contributed by atoms with Crippen LogP contribution in [0.2, 0.25) is 0 Å². The molecule has 2 aliphatic rings. The maximum absolute atomic E-state index is 12.2. The molecule has 7 heteroatoms. The van der Waals surface area contributed by atoms with Crippen LogP contribution in [0.15, 0.2) is 30.3 Å². The fourth-order valence-corrected chi connectivity index (χ4v) is 3.67. The fraction of sp³-hybridized carbons (Fsp3) is 0.400. The molecule has 1 amide bonds. The molecule has 1 aromatic carbocycles. The highest BCUT2D eigenvalue weighted by Gasteiger charge is 2.74. The first kappa shape index (κ1) is 14.5. The molecule has 0 heterocycles. The van der Waals surface area contributed by atoms with E-state index in [0.29, 0.717) is 5.56 Å². The number of fused-ring (bicyclic) bond motifs is 1. The summed E-state index contributed by atoms with van der Waals surface area (Å²) in [5, 5.41) is 21.2. The van der Waals surface area contributed by atoms with E-state index in [4.69, 9.17) is 5.73 Å². The second-order valence-corrected chi connectivity index (χ2v) is 5.96. The van der Waals surface area contributed by atoms with Crippen molar-refractivity contribution >= 4 is 17.8 Å². The molecule has 2 aliphatic carbocycles. The van der Waals surface area contributed by atoms with Gasteiger partial charge in [-0.1, -0.05) is 18.2 Å². The van der Waals surface area contributed by atoms with E-state index in [1.54, 1.807) is 30.3 Å². The van der Waals surface area contributed by atoms with Gasteiger partial charge in [-0.3, -0.25) is 14.4 Å². The molecule has 0 aliphatic heterocycles. The summed E-state index contributed by atoms with van der Waals surface area (Å²) in [5.74, 6) is -4.51. The molecular weight excluding hydrogens is 288 g/mol. The predicted octanol–water partition coefficient (Wildman–Crippen LogP) is -0.0824. The normalized spacial score (nSPS) is 35.5. The number of carboxylic acid groups (broad SMARTS) is 2. The minimum absolute atomic E-state index is 0.0417. The van der Waals surface area contributed by atoms with Gasteiger partial charge in [0.15, 0.2) is 0 Å². The van der Waals surface area contributed by atoms with Crippen LogP contribution in [0.1, 0.15) is 16.8 Å². The van der Waals surface area contributed by atoms with Crippen LogP contribution in [0, 0.1) is 17.8 Å². The third-order valence-corrected chi connectivity index (χ3v) is 4.73. The van der Waals surface area contributed by atoms with Gasteiger partial charge in [-0.15, -0.1) is 0 Å². The average molecular weight is 304 g/mol. The van der Waals surface area contributed by atoms with Gasteiger partial charge in [0, 0.05) is 17.5 Å². The van der Waals surface area contributed by atoms with Crippen molar-refractivity contribution < 1.29 is 24.6 Å². The van der Waals surface area contributed by atoms with E-state index >= 15 is 0 Å². The van der Waals surface area contributed by atoms with Crippen molar-refractivity contribution in [2.75, 3.05) is 0 Å². The lowest BCUT2D eigenvalue weighted by Gasteiger charge is -2.25. The van der Waals surface area contributed by atoms with E-state index in [1.807, 2.05) is 0 Å². The zero-order chi connectivity index (χ0) is 16.1. The molecule has 3 rings (SSSR count). The van der Waals surface area contributed by atoms with Gasteiger partial charge in [-0.25, -0.2) is 0 Å². The smallest absolute Gasteiger partial charge is 0.324 e. The van der Waals surface area contributed by atoms with E-state index in [9.17, 15) is 24.6 Å². The van der Waals surface area contributed by atoms with Crippen LogP contribution < -0.4 is 11.1 Å². The van der Waals surface area contributed by atoms with E-state index in [-0.39, 0.29) is 12.3 Å². The number of carboxylic acids is 2. The van der Waals surface area contributed by atoms with E-state index in [0.717, 1.165) is 0 Å². The minimum atomic E-state index is -1.59. The Kier molecular flexibility index (Phi) is 3.17. The van der Waals surface area contributed by atoms with Crippen LogP contribution in [-0.2, 0) is 9.59 Å². The Bertz CT molecular complexity index is 647. The van der Waals surface area contributed by atoms with Gasteiger partial charge in [0.25, 0.3) is 5.91 Å². The molecule has 1 aromatic rings. The molecule has 116 valence electrons. The zero-order valence-corrected chi connectivity index (χ0v) is 11.6. The summed E-state index contributed by atoms with van der Waals surface area (Å²) in [6.07, 6.45) is 0.0417. The lowest BCUT2D eigenvalue weighted by atomic mass is 9.90. The number of rotatable bonds is 4. The monoisotopic (exact) mass is 304 g/mol. The van der Waals surface area contributed by atoms with Gasteiger partial charge in [-0.05, 0) is 24.5 Å². The summed E-state index contributed by atoms with van der Waals surface area (Å²) in [5.41, 5.74) is 4.75. The highest BCUT2D eigenvalue weighted by Crippen LogP contribution is 2.61. The Hall–Kier alpha value is -2.41. The molecule has 0 spiro atoms. The number of nitrogens with one attached hydrogen (secondary N) is 1. The molecule has 5 atom stereocenters. The lowest BCUT2D eigenvalue weighted by Crippen LogP contribution is -2.52. The molecule has 7 nitrogen and oxygen atoms in total. The summed E-state index contributed by atoms with van der Waals surface area (Å²) < 4.78 is 0. The van der Waals surface area contributed by atoms with Crippen LogP contribution in [0.5, 0.6) is 0 Å². The molecule has 22 heavy (non-hydrogen) atoms. The maximum atomic E-state index is 12.2. The Morgan fingerprint density at radius 3 is 2.36 bits per heavy atom. The highest BCUT2D eigenvalue weighted by molar-refractivity contribution is 5.95. The van der Waals surface area contributed by atoms with Crippen LogP contribution >= 0.6 is 0 Å². The molecule has 0 bridgehead atoms. The van der Waals surface area contributed by atoms with Gasteiger partial charge < -0.3 is 21.3 Å². The van der Waals surface area contributed by atoms with Crippen molar-refractivity contribution in [1.82, 2.24) is 5.32 Å². The van der Waals surface area contributed by atoms with Crippen LogP contribution in [0.3, 0.4) is 0 Å². The number of hydrogen-bond donors (Lipinski definition) is 4. The van der Waals surface area contributed by atoms with E-state index < -0.39 is 41.3 Å². The number of carbonyl (C=O) groups excluding carboxylic acids is 1. The SMILES string of the molecule is N[C@]1(C(=O)O)C[C@H](NC(=O)c2ccccc2)[C@@H]2[C@@H](C(=O)O)[C@H]21. The largest absolute Gasteiger partial charge is 0.481 e. The third-order valence-electron chi connectivity index (χ3n) is 4.73. The summed E-state index contributed by atoms with van der Waals surface area (Å²) in [7, 11) is 0. The van der Waals surface area contributed by atoms with Gasteiger partial charge in [-0.2, -0.15) is 0 Å². The Morgan fingerprint density at radius 1 is 1.18 bits per heavy atom. The molecular formula is C15H16N2O5. The highest BCUT2D eigenvalue weighted by atomic mass is 16.4. The quantitative estimate of drug-likeness (QED) is 0.615. The second kappa shape index (κ2) is 4.81. The third kappa shape index (κ3) is 2.05. The molecule has 0 radical (unpaired) electrons. The van der Waals surface area contributed by atoms with Crippen LogP contribution in [-0.4, -0.2) is 39.6 Å². The first-order valence-electron chi connectivity index (χ1n) is 6.97. The average Bonchev–Trinajstić information content (AvgIpc) is 3.17. The molecule has 5 N–H and O–H groups in total. The lowest BCUT2D eigenvalue weighted by molar-refractivity contribution is -0.145. The maximum Gasteiger partial charge on any atom is 0.324 e.